The largest absolute Gasteiger partial charge is 0.463 e. The summed E-state index contributed by atoms with van der Waals surface area (Å²) in [5.74, 6) is -2.50. The molecule has 1 unspecified atom stereocenters. The second-order valence-electron chi connectivity index (χ2n) is 5.78. The predicted octanol–water partition coefficient (Wildman–Crippen LogP) is 2.51. The van der Waals surface area contributed by atoms with E-state index < -0.39 is 30.0 Å². The smallest absolute Gasteiger partial charge is 0.331 e. The third-order valence-corrected chi connectivity index (χ3v) is 3.73. The van der Waals surface area contributed by atoms with Crippen molar-refractivity contribution in [3.8, 4) is 0 Å². The number of rotatable bonds is 13. The SMILES string of the molecule is CCOC(=O)/C=C/C(=O)OCC(CC(CC)CC)OC(=O)/C=C/C(=O)OCC. The molecule has 0 aliphatic heterocycles. The Morgan fingerprint density at radius 2 is 1.11 bits per heavy atom. The molecule has 0 N–H and O–H groups in total. The van der Waals surface area contributed by atoms with Crippen LogP contribution in [0.15, 0.2) is 24.3 Å². The lowest BCUT2D eigenvalue weighted by Gasteiger charge is -2.21. The maximum absolute atomic E-state index is 11.9. The zero-order valence-electron chi connectivity index (χ0n) is 17.0. The van der Waals surface area contributed by atoms with E-state index >= 15 is 0 Å². The van der Waals surface area contributed by atoms with Gasteiger partial charge in [-0.15, -0.1) is 0 Å². The summed E-state index contributed by atoms with van der Waals surface area (Å²) >= 11 is 0. The van der Waals surface area contributed by atoms with E-state index in [0.29, 0.717) is 6.42 Å². The second kappa shape index (κ2) is 15.4. The van der Waals surface area contributed by atoms with Crippen LogP contribution in [0.2, 0.25) is 0 Å². The normalized spacial score (nSPS) is 12.2. The number of carbonyl (C=O) groups is 4. The minimum atomic E-state index is -0.749. The quantitative estimate of drug-likeness (QED) is 0.265. The number of hydrogen-bond donors (Lipinski definition) is 0. The van der Waals surface area contributed by atoms with E-state index in [0.717, 1.165) is 37.1 Å². The van der Waals surface area contributed by atoms with Gasteiger partial charge >= 0.3 is 23.9 Å². The predicted molar refractivity (Wildman–Crippen MR) is 101 cm³/mol. The number of ether oxygens (including phenoxy) is 4. The third-order valence-electron chi connectivity index (χ3n) is 3.73. The fraction of sp³-hybridized carbons (Fsp3) is 0.600. The van der Waals surface area contributed by atoms with Crippen molar-refractivity contribution in [2.45, 2.75) is 53.1 Å². The topological polar surface area (TPSA) is 105 Å². The van der Waals surface area contributed by atoms with Crippen molar-refractivity contribution in [3.05, 3.63) is 24.3 Å². The molecule has 0 bridgehead atoms. The molecule has 0 saturated carbocycles. The minimum absolute atomic E-state index is 0.165. The van der Waals surface area contributed by atoms with Crippen LogP contribution in [0.5, 0.6) is 0 Å². The van der Waals surface area contributed by atoms with Gasteiger partial charge in [-0.3, -0.25) is 0 Å². The maximum atomic E-state index is 11.9. The summed E-state index contributed by atoms with van der Waals surface area (Å²) in [4.78, 5) is 46.1. The van der Waals surface area contributed by atoms with Crippen LogP contribution in [0.3, 0.4) is 0 Å². The molecule has 0 heterocycles. The van der Waals surface area contributed by atoms with Gasteiger partial charge in [-0.05, 0) is 26.2 Å². The molecular weight excluding hydrogens is 368 g/mol. The van der Waals surface area contributed by atoms with Crippen LogP contribution in [0.1, 0.15) is 47.0 Å². The van der Waals surface area contributed by atoms with E-state index in [1.54, 1.807) is 13.8 Å². The summed E-state index contributed by atoms with van der Waals surface area (Å²) < 4.78 is 19.7. The van der Waals surface area contributed by atoms with Gasteiger partial charge in [0.1, 0.15) is 12.7 Å². The maximum Gasteiger partial charge on any atom is 0.331 e. The molecule has 0 aromatic heterocycles. The zero-order valence-corrected chi connectivity index (χ0v) is 17.0. The Hall–Kier alpha value is -2.64. The molecule has 0 fully saturated rings. The Morgan fingerprint density at radius 3 is 1.54 bits per heavy atom. The number of carbonyl (C=O) groups excluding carboxylic acids is 4. The highest BCUT2D eigenvalue weighted by molar-refractivity contribution is 5.92. The highest BCUT2D eigenvalue weighted by Crippen LogP contribution is 2.17. The van der Waals surface area contributed by atoms with Crippen LogP contribution < -0.4 is 0 Å². The first-order valence-corrected chi connectivity index (χ1v) is 9.43. The monoisotopic (exact) mass is 398 g/mol. The van der Waals surface area contributed by atoms with Crippen LogP contribution >= 0.6 is 0 Å². The van der Waals surface area contributed by atoms with Crippen LogP contribution in [0.25, 0.3) is 0 Å². The summed E-state index contributed by atoms with van der Waals surface area (Å²) in [6.45, 7) is 7.57. The lowest BCUT2D eigenvalue weighted by Crippen LogP contribution is -2.27. The van der Waals surface area contributed by atoms with E-state index in [4.69, 9.17) is 14.2 Å². The Morgan fingerprint density at radius 1 is 0.679 bits per heavy atom. The average molecular weight is 398 g/mol. The fourth-order valence-corrected chi connectivity index (χ4v) is 2.22. The molecule has 0 aromatic rings. The lowest BCUT2D eigenvalue weighted by atomic mass is 9.96. The van der Waals surface area contributed by atoms with E-state index in [-0.39, 0.29) is 25.7 Å². The lowest BCUT2D eigenvalue weighted by molar-refractivity contribution is -0.154. The van der Waals surface area contributed by atoms with E-state index in [1.807, 2.05) is 13.8 Å². The van der Waals surface area contributed by atoms with Crippen molar-refractivity contribution in [3.63, 3.8) is 0 Å². The number of esters is 4. The molecule has 8 heteroatoms. The minimum Gasteiger partial charge on any atom is -0.463 e. The molecule has 0 aliphatic carbocycles. The van der Waals surface area contributed by atoms with Gasteiger partial charge < -0.3 is 18.9 Å². The highest BCUT2D eigenvalue weighted by atomic mass is 16.6. The van der Waals surface area contributed by atoms with Gasteiger partial charge in [0.15, 0.2) is 0 Å². The van der Waals surface area contributed by atoms with Crippen molar-refractivity contribution in [1.82, 2.24) is 0 Å². The van der Waals surface area contributed by atoms with Gasteiger partial charge in [-0.25, -0.2) is 19.2 Å². The first-order chi connectivity index (χ1) is 13.4. The summed E-state index contributed by atoms with van der Waals surface area (Å²) in [7, 11) is 0. The molecule has 0 aliphatic rings. The first-order valence-electron chi connectivity index (χ1n) is 9.43. The highest BCUT2D eigenvalue weighted by Gasteiger charge is 2.19. The van der Waals surface area contributed by atoms with Crippen molar-refractivity contribution in [2.24, 2.45) is 5.92 Å². The third kappa shape index (κ3) is 12.7. The van der Waals surface area contributed by atoms with Gasteiger partial charge in [-0.2, -0.15) is 0 Å². The van der Waals surface area contributed by atoms with Crippen LogP contribution in [-0.2, 0) is 38.1 Å². The summed E-state index contributed by atoms with van der Waals surface area (Å²) in [5.41, 5.74) is 0. The van der Waals surface area contributed by atoms with E-state index in [1.165, 1.54) is 0 Å². The fourth-order valence-electron chi connectivity index (χ4n) is 2.22. The van der Waals surface area contributed by atoms with E-state index in [2.05, 4.69) is 4.74 Å². The molecule has 1 atom stereocenters. The summed E-state index contributed by atoms with van der Waals surface area (Å²) in [6.07, 6.45) is 5.45. The standard InChI is InChI=1S/C20H30O8/c1-5-15(6-2)13-16(28-20(24)12-11-18(22)26-8-4)14-27-19(23)10-9-17(21)25-7-3/h9-12,15-16H,5-8,13-14H2,1-4H3/b10-9+,12-11+. The Balaban J connectivity index is 4.79. The summed E-state index contributed by atoms with van der Waals surface area (Å²) in [5, 5.41) is 0. The van der Waals surface area contributed by atoms with Crippen molar-refractivity contribution in [1.29, 1.82) is 0 Å². The molecule has 0 aromatic carbocycles. The molecule has 28 heavy (non-hydrogen) atoms. The van der Waals surface area contributed by atoms with Crippen LogP contribution in [0, 0.1) is 5.92 Å². The molecule has 0 rings (SSSR count). The van der Waals surface area contributed by atoms with E-state index in [9.17, 15) is 19.2 Å². The van der Waals surface area contributed by atoms with Crippen molar-refractivity contribution >= 4 is 23.9 Å². The van der Waals surface area contributed by atoms with Gasteiger partial charge in [0.25, 0.3) is 0 Å². The Bertz CT molecular complexity index is 561. The molecule has 0 spiro atoms. The first kappa shape index (κ1) is 25.4. The second-order valence-corrected chi connectivity index (χ2v) is 5.78. The Labute approximate surface area is 165 Å². The molecular formula is C20H30O8. The molecule has 8 nitrogen and oxygen atoms in total. The van der Waals surface area contributed by atoms with Gasteiger partial charge in [0.2, 0.25) is 0 Å². The van der Waals surface area contributed by atoms with Gasteiger partial charge in [-0.1, -0.05) is 26.7 Å². The molecule has 158 valence electrons. The number of hydrogen-bond acceptors (Lipinski definition) is 8. The average Bonchev–Trinajstić information content (AvgIpc) is 2.67. The van der Waals surface area contributed by atoms with Crippen molar-refractivity contribution in [2.75, 3.05) is 19.8 Å². The molecule has 0 amide bonds. The summed E-state index contributed by atoms with van der Waals surface area (Å²) in [6, 6.07) is 0. The van der Waals surface area contributed by atoms with Crippen LogP contribution in [-0.4, -0.2) is 49.8 Å². The Kier molecular flexibility index (Phi) is 14.0. The molecule has 0 saturated heterocycles. The molecule has 0 radical (unpaired) electrons. The van der Waals surface area contributed by atoms with Crippen LogP contribution in [0.4, 0.5) is 0 Å². The van der Waals surface area contributed by atoms with Gasteiger partial charge in [0, 0.05) is 24.3 Å². The van der Waals surface area contributed by atoms with Crippen molar-refractivity contribution < 1.29 is 38.1 Å². The zero-order chi connectivity index (χ0) is 21.4. The van der Waals surface area contributed by atoms with Gasteiger partial charge in [0.05, 0.1) is 13.2 Å².